The highest BCUT2D eigenvalue weighted by Crippen LogP contribution is 2.24. The van der Waals surface area contributed by atoms with Gasteiger partial charge in [-0.05, 0) is 38.1 Å². The van der Waals surface area contributed by atoms with E-state index >= 15 is 0 Å². The lowest BCUT2D eigenvalue weighted by atomic mass is 9.86. The van der Waals surface area contributed by atoms with Crippen molar-refractivity contribution < 1.29 is 9.53 Å². The minimum Gasteiger partial charge on any atom is -0.385 e. The largest absolute Gasteiger partial charge is 0.385 e. The molecule has 118 valence electrons. The normalized spacial score (nSPS) is 17.1. The fraction of sp³-hybridized carbons (Fsp3) is 0.941. The Morgan fingerprint density at radius 3 is 2.50 bits per heavy atom. The SMILES string of the molecule is COCCCN(CCC(C)C)CC(=O)C1CCCCC1. The maximum atomic E-state index is 12.4. The van der Waals surface area contributed by atoms with Crippen LogP contribution in [0.4, 0.5) is 0 Å². The van der Waals surface area contributed by atoms with Crippen LogP contribution in [0.15, 0.2) is 0 Å². The molecule has 3 heteroatoms. The fourth-order valence-electron chi connectivity index (χ4n) is 2.92. The number of nitrogens with zero attached hydrogens (tertiary/aromatic N) is 1. The summed E-state index contributed by atoms with van der Waals surface area (Å²) >= 11 is 0. The molecule has 0 aromatic rings. The summed E-state index contributed by atoms with van der Waals surface area (Å²) in [6, 6.07) is 0. The first kappa shape index (κ1) is 17.6. The third kappa shape index (κ3) is 7.39. The predicted molar refractivity (Wildman–Crippen MR) is 84.0 cm³/mol. The summed E-state index contributed by atoms with van der Waals surface area (Å²) in [5, 5.41) is 0. The molecule has 1 fully saturated rings. The van der Waals surface area contributed by atoms with Crippen LogP contribution in [0.3, 0.4) is 0 Å². The van der Waals surface area contributed by atoms with Gasteiger partial charge < -0.3 is 4.74 Å². The number of hydrogen-bond acceptors (Lipinski definition) is 3. The summed E-state index contributed by atoms with van der Waals surface area (Å²) in [6.07, 6.45) is 8.23. The average Bonchev–Trinajstić information content (AvgIpc) is 2.45. The molecule has 1 aliphatic carbocycles. The number of ether oxygens (including phenoxy) is 1. The molecule has 0 aromatic heterocycles. The molecule has 1 saturated carbocycles. The lowest BCUT2D eigenvalue weighted by Gasteiger charge is -2.26. The van der Waals surface area contributed by atoms with Gasteiger partial charge in [-0.3, -0.25) is 9.69 Å². The van der Waals surface area contributed by atoms with Crippen LogP contribution in [0.1, 0.15) is 58.8 Å². The van der Waals surface area contributed by atoms with E-state index in [1.165, 1.54) is 25.7 Å². The molecule has 0 radical (unpaired) electrons. The van der Waals surface area contributed by atoms with Crippen LogP contribution in [-0.2, 0) is 9.53 Å². The van der Waals surface area contributed by atoms with Gasteiger partial charge in [-0.25, -0.2) is 0 Å². The standard InChI is InChI=1S/C17H33NO2/c1-15(2)10-12-18(11-7-13-20-3)14-17(19)16-8-5-4-6-9-16/h15-16H,4-14H2,1-3H3. The number of carbonyl (C=O) groups excluding carboxylic acids is 1. The van der Waals surface area contributed by atoms with Crippen LogP contribution in [-0.4, -0.2) is 44.0 Å². The molecule has 20 heavy (non-hydrogen) atoms. The number of rotatable bonds is 10. The van der Waals surface area contributed by atoms with E-state index in [1.807, 2.05) is 0 Å². The lowest BCUT2D eigenvalue weighted by molar-refractivity contribution is -0.125. The van der Waals surface area contributed by atoms with Crippen molar-refractivity contribution in [3.63, 3.8) is 0 Å². The summed E-state index contributed by atoms with van der Waals surface area (Å²) in [6.45, 7) is 7.96. The molecule has 0 saturated heterocycles. The van der Waals surface area contributed by atoms with Crippen molar-refractivity contribution in [3.8, 4) is 0 Å². The molecule has 1 aliphatic rings. The number of carbonyl (C=O) groups is 1. The van der Waals surface area contributed by atoms with E-state index in [0.29, 0.717) is 24.2 Å². The Bertz CT molecular complexity index is 260. The van der Waals surface area contributed by atoms with Crippen molar-refractivity contribution in [2.75, 3.05) is 33.4 Å². The number of ketones is 1. The Balaban J connectivity index is 2.37. The molecule has 0 heterocycles. The molecule has 0 atom stereocenters. The number of hydrogen-bond donors (Lipinski definition) is 0. The van der Waals surface area contributed by atoms with Crippen LogP contribution < -0.4 is 0 Å². The zero-order chi connectivity index (χ0) is 14.8. The first-order chi connectivity index (χ1) is 9.63. The highest BCUT2D eigenvalue weighted by molar-refractivity contribution is 5.83. The van der Waals surface area contributed by atoms with Gasteiger partial charge in [-0.1, -0.05) is 33.1 Å². The van der Waals surface area contributed by atoms with E-state index in [9.17, 15) is 4.79 Å². The smallest absolute Gasteiger partial charge is 0.149 e. The summed E-state index contributed by atoms with van der Waals surface area (Å²) in [7, 11) is 1.74. The van der Waals surface area contributed by atoms with Gasteiger partial charge in [0.25, 0.3) is 0 Å². The zero-order valence-electron chi connectivity index (χ0n) is 13.7. The summed E-state index contributed by atoms with van der Waals surface area (Å²) < 4.78 is 5.13. The van der Waals surface area contributed by atoms with Gasteiger partial charge in [0, 0.05) is 26.2 Å². The second-order valence-corrected chi connectivity index (χ2v) is 6.61. The van der Waals surface area contributed by atoms with E-state index in [0.717, 1.165) is 39.0 Å². The van der Waals surface area contributed by atoms with E-state index < -0.39 is 0 Å². The molecule has 0 amide bonds. The van der Waals surface area contributed by atoms with E-state index in [1.54, 1.807) is 7.11 Å². The third-order valence-corrected chi connectivity index (χ3v) is 4.29. The summed E-state index contributed by atoms with van der Waals surface area (Å²) in [5.41, 5.74) is 0. The second kappa shape index (κ2) is 10.3. The maximum absolute atomic E-state index is 12.4. The highest BCUT2D eigenvalue weighted by atomic mass is 16.5. The second-order valence-electron chi connectivity index (χ2n) is 6.61. The first-order valence-electron chi connectivity index (χ1n) is 8.37. The topological polar surface area (TPSA) is 29.5 Å². The lowest BCUT2D eigenvalue weighted by Crippen LogP contribution is -2.36. The van der Waals surface area contributed by atoms with Gasteiger partial charge in [0.15, 0.2) is 0 Å². The van der Waals surface area contributed by atoms with Crippen molar-refractivity contribution in [1.29, 1.82) is 0 Å². The van der Waals surface area contributed by atoms with Crippen molar-refractivity contribution in [1.82, 2.24) is 4.90 Å². The Morgan fingerprint density at radius 1 is 1.20 bits per heavy atom. The number of methoxy groups -OCH3 is 1. The van der Waals surface area contributed by atoms with Crippen molar-refractivity contribution >= 4 is 5.78 Å². The van der Waals surface area contributed by atoms with Crippen LogP contribution in [0, 0.1) is 11.8 Å². The van der Waals surface area contributed by atoms with Crippen LogP contribution in [0.2, 0.25) is 0 Å². The first-order valence-corrected chi connectivity index (χ1v) is 8.37. The monoisotopic (exact) mass is 283 g/mol. The van der Waals surface area contributed by atoms with E-state index in [2.05, 4.69) is 18.7 Å². The Kier molecular flexibility index (Phi) is 9.12. The highest BCUT2D eigenvalue weighted by Gasteiger charge is 2.22. The van der Waals surface area contributed by atoms with Crippen LogP contribution in [0.5, 0.6) is 0 Å². The van der Waals surface area contributed by atoms with Crippen LogP contribution >= 0.6 is 0 Å². The number of Topliss-reactive ketones (excluding diaryl/α,β-unsaturated/α-hetero) is 1. The average molecular weight is 283 g/mol. The molecule has 0 bridgehead atoms. The molecular weight excluding hydrogens is 250 g/mol. The minimum absolute atomic E-state index is 0.340. The fourth-order valence-corrected chi connectivity index (χ4v) is 2.92. The van der Waals surface area contributed by atoms with Gasteiger partial charge in [-0.15, -0.1) is 0 Å². The molecule has 3 nitrogen and oxygen atoms in total. The molecule has 0 aromatic carbocycles. The minimum atomic E-state index is 0.340. The van der Waals surface area contributed by atoms with Gasteiger partial charge in [0.1, 0.15) is 5.78 Å². The molecule has 1 rings (SSSR count). The van der Waals surface area contributed by atoms with Crippen molar-refractivity contribution in [3.05, 3.63) is 0 Å². The van der Waals surface area contributed by atoms with Gasteiger partial charge >= 0.3 is 0 Å². The van der Waals surface area contributed by atoms with E-state index in [-0.39, 0.29) is 0 Å². The van der Waals surface area contributed by atoms with Crippen LogP contribution in [0.25, 0.3) is 0 Å². The molecule has 0 spiro atoms. The zero-order valence-corrected chi connectivity index (χ0v) is 13.7. The Hall–Kier alpha value is -0.410. The quantitative estimate of drug-likeness (QED) is 0.575. The van der Waals surface area contributed by atoms with Gasteiger partial charge in [0.2, 0.25) is 0 Å². The Labute approximate surface area is 125 Å². The summed E-state index contributed by atoms with van der Waals surface area (Å²) in [4.78, 5) is 14.8. The van der Waals surface area contributed by atoms with Crippen molar-refractivity contribution in [2.45, 2.75) is 58.8 Å². The molecule has 0 aliphatic heterocycles. The molecular formula is C17H33NO2. The Morgan fingerprint density at radius 2 is 1.90 bits per heavy atom. The van der Waals surface area contributed by atoms with Gasteiger partial charge in [0.05, 0.1) is 6.54 Å². The van der Waals surface area contributed by atoms with Gasteiger partial charge in [-0.2, -0.15) is 0 Å². The maximum Gasteiger partial charge on any atom is 0.149 e. The third-order valence-electron chi connectivity index (χ3n) is 4.29. The molecule has 0 unspecified atom stereocenters. The van der Waals surface area contributed by atoms with E-state index in [4.69, 9.17) is 4.74 Å². The predicted octanol–water partition coefficient (Wildman–Crippen LogP) is 3.52. The summed E-state index contributed by atoms with van der Waals surface area (Å²) in [5.74, 6) is 1.52. The molecule has 0 N–H and O–H groups in total. The van der Waals surface area contributed by atoms with Crippen molar-refractivity contribution in [2.24, 2.45) is 11.8 Å².